The van der Waals surface area contributed by atoms with Crippen LogP contribution in [-0.4, -0.2) is 51.1 Å². The van der Waals surface area contributed by atoms with Gasteiger partial charge in [0.2, 0.25) is 0 Å². The number of hydrogen-bond donors (Lipinski definition) is 2. The van der Waals surface area contributed by atoms with Gasteiger partial charge in [-0.15, -0.1) is 0 Å². The predicted octanol–water partition coefficient (Wildman–Crippen LogP) is 6.32. The molecule has 39 heavy (non-hydrogen) atoms. The van der Waals surface area contributed by atoms with E-state index >= 15 is 0 Å². The van der Waals surface area contributed by atoms with Crippen LogP contribution in [0, 0.1) is 0 Å². The number of nitrogens with zero attached hydrogens (tertiary/aromatic N) is 2. The minimum atomic E-state index is 0. The molecule has 205 valence electrons. The maximum absolute atomic E-state index is 9.91. The molecule has 0 aliphatic heterocycles. The van der Waals surface area contributed by atoms with Crippen LogP contribution in [0.3, 0.4) is 0 Å². The van der Waals surface area contributed by atoms with Crippen molar-refractivity contribution in [3.63, 3.8) is 0 Å². The molecule has 8 nitrogen and oxygen atoms in total. The fraction of sp³-hybridized carbons (Fsp3) is 0.133. The number of rotatable bonds is 8. The van der Waals surface area contributed by atoms with Gasteiger partial charge in [0.15, 0.2) is 23.0 Å². The second-order valence-corrected chi connectivity index (χ2v) is 7.71. The number of phenols is 2. The van der Waals surface area contributed by atoms with E-state index in [-0.39, 0.29) is 28.3 Å². The molecule has 0 heterocycles. The van der Waals surface area contributed by atoms with Crippen LogP contribution < -0.4 is 18.9 Å². The van der Waals surface area contributed by atoms with Crippen molar-refractivity contribution in [1.82, 2.24) is 0 Å². The first-order chi connectivity index (χ1) is 18.5. The normalized spacial score (nSPS) is 10.4. The van der Waals surface area contributed by atoms with Gasteiger partial charge < -0.3 is 29.2 Å². The fourth-order valence-electron chi connectivity index (χ4n) is 3.24. The quantitative estimate of drug-likeness (QED) is 0.239. The van der Waals surface area contributed by atoms with Crippen LogP contribution in [0.4, 0.5) is 11.4 Å². The van der Waals surface area contributed by atoms with Gasteiger partial charge in [-0.25, -0.2) is 0 Å². The Bertz CT molecular complexity index is 1270. The van der Waals surface area contributed by atoms with E-state index in [0.29, 0.717) is 22.6 Å². The molecule has 0 saturated heterocycles. The Hall–Kier alpha value is -4.47. The number of benzene rings is 4. The van der Waals surface area contributed by atoms with Crippen LogP contribution in [0.15, 0.2) is 94.9 Å². The Labute approximate surface area is 238 Å². The minimum absolute atomic E-state index is 0. The third kappa shape index (κ3) is 8.80. The Morgan fingerprint density at radius 1 is 0.513 bits per heavy atom. The summed E-state index contributed by atoms with van der Waals surface area (Å²) in [5, 5.41) is 19.8. The van der Waals surface area contributed by atoms with Crippen molar-refractivity contribution >= 4 is 23.8 Å². The van der Waals surface area contributed by atoms with Crippen molar-refractivity contribution in [3.8, 4) is 34.5 Å². The van der Waals surface area contributed by atoms with Gasteiger partial charge in [-0.2, -0.15) is 0 Å². The minimum Gasteiger partial charge on any atom is -0.504 e. The summed E-state index contributed by atoms with van der Waals surface area (Å²) in [6.45, 7) is 0. The SMILES string of the molecule is COc1ccc(N=Cc2cccc(OC)c2O)cc1.COc1ccc(N=Cc2cccc(OC)c2O)cc1.[Co]. The van der Waals surface area contributed by atoms with Crippen LogP contribution in [0.1, 0.15) is 11.1 Å². The zero-order valence-corrected chi connectivity index (χ0v) is 23.0. The monoisotopic (exact) mass is 573 g/mol. The van der Waals surface area contributed by atoms with E-state index in [1.165, 1.54) is 14.2 Å². The van der Waals surface area contributed by atoms with Gasteiger partial charge in [0.05, 0.1) is 39.8 Å². The molecular weight excluding hydrogens is 543 g/mol. The molecule has 0 unspecified atom stereocenters. The summed E-state index contributed by atoms with van der Waals surface area (Å²) >= 11 is 0. The molecule has 4 rings (SSSR count). The zero-order valence-electron chi connectivity index (χ0n) is 22.0. The van der Waals surface area contributed by atoms with E-state index in [2.05, 4.69) is 9.98 Å². The molecule has 0 amide bonds. The first kappa shape index (κ1) is 30.7. The second kappa shape index (κ2) is 15.7. The molecule has 4 aromatic carbocycles. The number of hydrogen-bond acceptors (Lipinski definition) is 8. The van der Waals surface area contributed by atoms with Crippen LogP contribution >= 0.6 is 0 Å². The average molecular weight is 574 g/mol. The first-order valence-electron chi connectivity index (χ1n) is 11.6. The van der Waals surface area contributed by atoms with E-state index in [1.54, 1.807) is 63.0 Å². The summed E-state index contributed by atoms with van der Waals surface area (Å²) in [5.74, 6) is 2.59. The van der Waals surface area contributed by atoms with Crippen LogP contribution in [0.25, 0.3) is 0 Å². The average Bonchev–Trinajstić information content (AvgIpc) is 2.97. The Balaban J connectivity index is 0.000000267. The Morgan fingerprint density at radius 2 is 0.872 bits per heavy atom. The standard InChI is InChI=1S/2C15H15NO3.Co/c2*1-18-13-8-6-12(7-9-13)16-10-11-4-3-5-14(19-2)15(11)17;/h2*3-10,17H,1-2H3;. The van der Waals surface area contributed by atoms with Crippen molar-refractivity contribution in [2.24, 2.45) is 9.98 Å². The van der Waals surface area contributed by atoms with Crippen LogP contribution in [0.2, 0.25) is 0 Å². The first-order valence-corrected chi connectivity index (χ1v) is 11.6. The topological polar surface area (TPSA) is 102 Å². The number of aromatic hydroxyl groups is 2. The van der Waals surface area contributed by atoms with Crippen LogP contribution in [0.5, 0.6) is 34.5 Å². The summed E-state index contributed by atoms with van der Waals surface area (Å²) < 4.78 is 20.2. The Kier molecular flexibility index (Phi) is 12.4. The number of methoxy groups -OCH3 is 4. The summed E-state index contributed by atoms with van der Waals surface area (Å²) in [7, 11) is 6.26. The summed E-state index contributed by atoms with van der Waals surface area (Å²) in [5.41, 5.74) is 2.77. The third-order valence-electron chi connectivity index (χ3n) is 5.35. The number of para-hydroxylation sites is 2. The van der Waals surface area contributed by atoms with Crippen molar-refractivity contribution in [1.29, 1.82) is 0 Å². The van der Waals surface area contributed by atoms with E-state index in [9.17, 15) is 10.2 Å². The Morgan fingerprint density at radius 3 is 1.18 bits per heavy atom. The van der Waals surface area contributed by atoms with Crippen molar-refractivity contribution in [2.45, 2.75) is 0 Å². The van der Waals surface area contributed by atoms with Crippen molar-refractivity contribution in [2.75, 3.05) is 28.4 Å². The second-order valence-electron chi connectivity index (χ2n) is 7.71. The molecule has 0 spiro atoms. The van der Waals surface area contributed by atoms with E-state index in [4.69, 9.17) is 18.9 Å². The van der Waals surface area contributed by atoms with E-state index < -0.39 is 0 Å². The summed E-state index contributed by atoms with van der Waals surface area (Å²) in [6.07, 6.45) is 3.19. The van der Waals surface area contributed by atoms with Gasteiger partial charge in [-0.3, -0.25) is 9.98 Å². The van der Waals surface area contributed by atoms with Crippen molar-refractivity contribution in [3.05, 3.63) is 96.1 Å². The van der Waals surface area contributed by atoms with Gasteiger partial charge in [-0.05, 0) is 72.8 Å². The molecule has 0 aliphatic rings. The molecular formula is C30H30CoN2O6. The van der Waals surface area contributed by atoms with Crippen molar-refractivity contribution < 1.29 is 45.9 Å². The maximum atomic E-state index is 9.91. The molecule has 0 aliphatic carbocycles. The van der Waals surface area contributed by atoms with Gasteiger partial charge in [0.25, 0.3) is 0 Å². The molecule has 1 radical (unpaired) electrons. The van der Waals surface area contributed by atoms with Gasteiger partial charge in [-0.1, -0.05) is 12.1 Å². The predicted molar refractivity (Wildman–Crippen MR) is 150 cm³/mol. The third-order valence-corrected chi connectivity index (χ3v) is 5.35. The maximum Gasteiger partial charge on any atom is 0.166 e. The molecule has 4 aromatic rings. The fourth-order valence-corrected chi connectivity index (χ4v) is 3.24. The van der Waals surface area contributed by atoms with Gasteiger partial charge in [0.1, 0.15) is 11.5 Å². The summed E-state index contributed by atoms with van der Waals surface area (Å²) in [4.78, 5) is 8.58. The number of aliphatic imine (C=N–C) groups is 2. The molecule has 0 saturated carbocycles. The van der Waals surface area contributed by atoms with E-state index in [1.807, 2.05) is 48.5 Å². The summed E-state index contributed by atoms with van der Waals surface area (Å²) in [6, 6.07) is 25.2. The van der Waals surface area contributed by atoms with Gasteiger partial charge in [0, 0.05) is 40.3 Å². The molecule has 9 heteroatoms. The van der Waals surface area contributed by atoms with Gasteiger partial charge >= 0.3 is 0 Å². The zero-order chi connectivity index (χ0) is 27.3. The molecule has 0 fully saturated rings. The number of phenolic OH excluding ortho intramolecular Hbond substituents is 2. The molecule has 0 aromatic heterocycles. The van der Waals surface area contributed by atoms with Crippen LogP contribution in [-0.2, 0) is 16.8 Å². The molecule has 0 bridgehead atoms. The number of ether oxygens (including phenoxy) is 4. The smallest absolute Gasteiger partial charge is 0.166 e. The largest absolute Gasteiger partial charge is 0.504 e. The van der Waals surface area contributed by atoms with E-state index in [0.717, 1.165) is 22.9 Å². The molecule has 2 N–H and O–H groups in total. The molecule has 0 atom stereocenters.